The molecule has 0 aliphatic heterocycles. The first-order chi connectivity index (χ1) is 20.0. The number of rotatable bonds is 26. The molecule has 238 valence electrons. The number of esters is 2. The molecule has 3 aliphatic rings. The summed E-state index contributed by atoms with van der Waals surface area (Å²) in [6.45, 7) is 5.62. The first-order valence-electron chi connectivity index (χ1n) is 17.8. The van der Waals surface area contributed by atoms with E-state index in [2.05, 4.69) is 13.8 Å². The van der Waals surface area contributed by atoms with Gasteiger partial charge in [0.2, 0.25) is 0 Å². The molecule has 3 rings (SSSR count). The fourth-order valence-corrected chi connectivity index (χ4v) is 7.05. The molecule has 0 atom stereocenters. The zero-order valence-electron chi connectivity index (χ0n) is 27.0. The first-order valence-corrected chi connectivity index (χ1v) is 17.8. The molecular weight excluding hydrogens is 512 g/mol. The molecule has 3 aliphatic carbocycles. The Morgan fingerprint density at radius 1 is 0.610 bits per heavy atom. The van der Waals surface area contributed by atoms with Gasteiger partial charge in [0, 0.05) is 25.7 Å². The zero-order chi connectivity index (χ0) is 29.6. The molecule has 5 nitrogen and oxygen atoms in total. The van der Waals surface area contributed by atoms with E-state index in [1.807, 2.05) is 0 Å². The Balaban J connectivity index is 1.38. The van der Waals surface area contributed by atoms with Gasteiger partial charge in [-0.2, -0.15) is 0 Å². The zero-order valence-corrected chi connectivity index (χ0v) is 27.0. The number of hydrogen-bond acceptors (Lipinski definition) is 5. The SMILES string of the molecule is CCCCCC(CCCCC)CCOC(=O)CCCCCCCC(=O)CCCC(=O)OCCC12CCC(CC1)CC2. The fourth-order valence-electron chi connectivity index (χ4n) is 7.05. The summed E-state index contributed by atoms with van der Waals surface area (Å²) in [5.41, 5.74) is 0.443. The Hall–Kier alpha value is -1.39. The molecule has 0 aromatic carbocycles. The van der Waals surface area contributed by atoms with Gasteiger partial charge in [0.15, 0.2) is 0 Å². The predicted molar refractivity (Wildman–Crippen MR) is 168 cm³/mol. The van der Waals surface area contributed by atoms with Gasteiger partial charge in [0.05, 0.1) is 13.2 Å². The normalized spacial score (nSPS) is 19.9. The summed E-state index contributed by atoms with van der Waals surface area (Å²) in [6.07, 6.45) is 27.7. The number of fused-ring (bicyclic) bond motifs is 3. The minimum atomic E-state index is -0.143. The number of ketones is 1. The Kier molecular flexibility index (Phi) is 19.4. The fraction of sp³-hybridized carbons (Fsp3) is 0.917. The van der Waals surface area contributed by atoms with Crippen LogP contribution in [0.2, 0.25) is 0 Å². The van der Waals surface area contributed by atoms with Crippen LogP contribution in [0.5, 0.6) is 0 Å². The first kappa shape index (κ1) is 35.8. The van der Waals surface area contributed by atoms with Crippen molar-refractivity contribution in [1.29, 1.82) is 0 Å². The molecule has 3 fully saturated rings. The second-order valence-corrected chi connectivity index (χ2v) is 13.5. The number of Topliss-reactive ketones (excluding diaryl/α,β-unsaturated/α-hetero) is 1. The molecule has 0 aromatic rings. The molecule has 0 amide bonds. The van der Waals surface area contributed by atoms with Crippen LogP contribution in [-0.2, 0) is 23.9 Å². The molecule has 3 saturated carbocycles. The maximum absolute atomic E-state index is 12.2. The van der Waals surface area contributed by atoms with Crippen LogP contribution in [0.1, 0.15) is 181 Å². The van der Waals surface area contributed by atoms with Crippen LogP contribution in [0.25, 0.3) is 0 Å². The quantitative estimate of drug-likeness (QED) is 0.0757. The number of ether oxygens (including phenoxy) is 2. The van der Waals surface area contributed by atoms with Crippen LogP contribution in [-0.4, -0.2) is 30.9 Å². The number of unbranched alkanes of at least 4 members (excludes halogenated alkanes) is 8. The van der Waals surface area contributed by atoms with E-state index in [1.165, 1.54) is 89.9 Å². The van der Waals surface area contributed by atoms with Crippen molar-refractivity contribution in [3.8, 4) is 0 Å². The minimum absolute atomic E-state index is 0.0552. The van der Waals surface area contributed by atoms with Crippen LogP contribution in [0.15, 0.2) is 0 Å². The third-order valence-corrected chi connectivity index (χ3v) is 10.0. The van der Waals surface area contributed by atoms with Crippen molar-refractivity contribution in [3.63, 3.8) is 0 Å². The Morgan fingerprint density at radius 2 is 1.12 bits per heavy atom. The van der Waals surface area contributed by atoms with E-state index in [-0.39, 0.29) is 17.7 Å². The highest BCUT2D eigenvalue weighted by molar-refractivity contribution is 5.79. The van der Waals surface area contributed by atoms with Gasteiger partial charge in [-0.05, 0) is 87.9 Å². The van der Waals surface area contributed by atoms with Crippen LogP contribution in [0.4, 0.5) is 0 Å². The van der Waals surface area contributed by atoms with Crippen molar-refractivity contribution in [2.45, 2.75) is 181 Å². The number of hydrogen-bond donors (Lipinski definition) is 0. The molecule has 0 spiro atoms. The van der Waals surface area contributed by atoms with Gasteiger partial charge >= 0.3 is 11.9 Å². The minimum Gasteiger partial charge on any atom is -0.466 e. The van der Waals surface area contributed by atoms with E-state index in [0.717, 1.165) is 50.9 Å². The summed E-state index contributed by atoms with van der Waals surface area (Å²) in [7, 11) is 0. The molecule has 0 radical (unpaired) electrons. The molecule has 5 heteroatoms. The van der Waals surface area contributed by atoms with Gasteiger partial charge in [0.25, 0.3) is 0 Å². The van der Waals surface area contributed by atoms with Gasteiger partial charge in [0.1, 0.15) is 5.78 Å². The third-order valence-electron chi connectivity index (χ3n) is 10.0. The molecule has 0 aromatic heterocycles. The Morgan fingerprint density at radius 3 is 1.73 bits per heavy atom. The van der Waals surface area contributed by atoms with E-state index in [1.54, 1.807) is 0 Å². The van der Waals surface area contributed by atoms with Crippen LogP contribution < -0.4 is 0 Å². The van der Waals surface area contributed by atoms with Gasteiger partial charge in [-0.1, -0.05) is 84.5 Å². The number of carbonyl (C=O) groups excluding carboxylic acids is 3. The lowest BCUT2D eigenvalue weighted by atomic mass is 9.59. The highest BCUT2D eigenvalue weighted by atomic mass is 16.5. The van der Waals surface area contributed by atoms with Crippen molar-refractivity contribution >= 4 is 17.7 Å². The van der Waals surface area contributed by atoms with Gasteiger partial charge in [-0.25, -0.2) is 0 Å². The Bertz CT molecular complexity index is 685. The topological polar surface area (TPSA) is 69.7 Å². The molecule has 0 saturated heterocycles. The summed E-state index contributed by atoms with van der Waals surface area (Å²) < 4.78 is 11.1. The van der Waals surface area contributed by atoms with Crippen LogP contribution in [0, 0.1) is 17.3 Å². The second-order valence-electron chi connectivity index (χ2n) is 13.5. The van der Waals surface area contributed by atoms with Crippen molar-refractivity contribution in [2.24, 2.45) is 17.3 Å². The molecule has 0 unspecified atom stereocenters. The maximum atomic E-state index is 12.2. The maximum Gasteiger partial charge on any atom is 0.305 e. The van der Waals surface area contributed by atoms with E-state index in [0.29, 0.717) is 56.7 Å². The van der Waals surface area contributed by atoms with E-state index < -0.39 is 0 Å². The van der Waals surface area contributed by atoms with Gasteiger partial charge in [-0.3, -0.25) is 14.4 Å². The molecule has 0 heterocycles. The summed E-state index contributed by atoms with van der Waals surface area (Å²) in [5.74, 6) is 1.71. The lowest BCUT2D eigenvalue weighted by Crippen LogP contribution is -2.35. The summed E-state index contributed by atoms with van der Waals surface area (Å²) >= 11 is 0. The second kappa shape index (κ2) is 22.2. The van der Waals surface area contributed by atoms with Gasteiger partial charge < -0.3 is 9.47 Å². The molecule has 2 bridgehead atoms. The monoisotopic (exact) mass is 576 g/mol. The van der Waals surface area contributed by atoms with Crippen LogP contribution in [0.3, 0.4) is 0 Å². The highest BCUT2D eigenvalue weighted by Gasteiger charge is 2.39. The van der Waals surface area contributed by atoms with Crippen molar-refractivity contribution in [2.75, 3.05) is 13.2 Å². The van der Waals surface area contributed by atoms with E-state index >= 15 is 0 Å². The van der Waals surface area contributed by atoms with Crippen molar-refractivity contribution in [3.05, 3.63) is 0 Å². The van der Waals surface area contributed by atoms with E-state index in [9.17, 15) is 14.4 Å². The summed E-state index contributed by atoms with van der Waals surface area (Å²) in [4.78, 5) is 36.4. The van der Waals surface area contributed by atoms with Gasteiger partial charge in [-0.15, -0.1) is 0 Å². The van der Waals surface area contributed by atoms with Crippen molar-refractivity contribution < 1.29 is 23.9 Å². The van der Waals surface area contributed by atoms with Crippen LogP contribution >= 0.6 is 0 Å². The lowest BCUT2D eigenvalue weighted by molar-refractivity contribution is -0.145. The smallest absolute Gasteiger partial charge is 0.305 e. The predicted octanol–water partition coefficient (Wildman–Crippen LogP) is 10.1. The average Bonchev–Trinajstić information content (AvgIpc) is 2.97. The highest BCUT2D eigenvalue weighted by Crippen LogP contribution is 2.52. The standard InChI is InChI=1S/C36H64O5/c1-3-5-10-15-31(16-11-6-4-2)24-29-40-34(38)19-13-9-7-8-12-17-33(37)18-14-20-35(39)41-30-28-36-25-21-32(22-26-36)23-27-36/h31-32H,3-30H2,1-2H3. The largest absolute Gasteiger partial charge is 0.466 e. The molecular formula is C36H64O5. The van der Waals surface area contributed by atoms with Crippen molar-refractivity contribution in [1.82, 2.24) is 0 Å². The molecule has 0 N–H and O–H groups in total. The lowest BCUT2D eigenvalue weighted by Gasteiger charge is -2.46. The summed E-state index contributed by atoms with van der Waals surface area (Å²) in [6, 6.07) is 0. The Labute approximate surface area is 252 Å². The third kappa shape index (κ3) is 16.7. The molecule has 41 heavy (non-hydrogen) atoms. The number of carbonyl (C=O) groups is 3. The van der Waals surface area contributed by atoms with E-state index in [4.69, 9.17) is 9.47 Å². The summed E-state index contributed by atoms with van der Waals surface area (Å²) in [5, 5.41) is 0. The average molecular weight is 577 g/mol.